The summed E-state index contributed by atoms with van der Waals surface area (Å²) < 4.78 is 11.0. The van der Waals surface area contributed by atoms with E-state index < -0.39 is 11.8 Å². The minimum Gasteiger partial charge on any atom is -0.497 e. The molecular weight excluding hydrogens is 426 g/mol. The topological polar surface area (TPSA) is 55.8 Å². The van der Waals surface area contributed by atoms with Crippen LogP contribution in [0.1, 0.15) is 23.0 Å². The summed E-state index contributed by atoms with van der Waals surface area (Å²) in [6, 6.07) is 27.2. The van der Waals surface area contributed by atoms with E-state index in [4.69, 9.17) is 9.47 Å². The highest BCUT2D eigenvalue weighted by Crippen LogP contribution is 2.49. The van der Waals surface area contributed by atoms with Crippen molar-refractivity contribution in [2.45, 2.75) is 11.8 Å². The molecule has 172 valence electrons. The first kappa shape index (κ1) is 22.0. The number of nitrogens with zero attached hydrogens (tertiary/aromatic N) is 1. The van der Waals surface area contributed by atoms with Crippen molar-refractivity contribution >= 4 is 11.8 Å². The second kappa shape index (κ2) is 9.56. The van der Waals surface area contributed by atoms with Gasteiger partial charge in [-0.2, -0.15) is 0 Å². The average molecular weight is 454 g/mol. The van der Waals surface area contributed by atoms with Crippen molar-refractivity contribution in [1.29, 1.82) is 0 Å². The van der Waals surface area contributed by atoms with Crippen molar-refractivity contribution < 1.29 is 19.1 Å². The van der Waals surface area contributed by atoms with Crippen LogP contribution in [0.4, 0.5) is 0 Å². The quantitative estimate of drug-likeness (QED) is 0.381. The number of fused-ring (bicyclic) bond motifs is 1. The van der Waals surface area contributed by atoms with Crippen LogP contribution >= 0.6 is 0 Å². The van der Waals surface area contributed by atoms with Crippen LogP contribution in [-0.2, 0) is 9.59 Å². The molecule has 5 heteroatoms. The van der Waals surface area contributed by atoms with Gasteiger partial charge in [0.15, 0.2) is 0 Å². The fourth-order valence-electron chi connectivity index (χ4n) is 5.14. The summed E-state index contributed by atoms with van der Waals surface area (Å²) in [6.07, 6.45) is 4.22. The Labute approximate surface area is 199 Å². The van der Waals surface area contributed by atoms with Gasteiger partial charge in [-0.25, -0.2) is 0 Å². The molecule has 0 saturated carbocycles. The summed E-state index contributed by atoms with van der Waals surface area (Å²) in [5.41, 5.74) is 2.11. The molecule has 5 nitrogen and oxygen atoms in total. The zero-order valence-electron chi connectivity index (χ0n) is 19.0. The summed E-state index contributed by atoms with van der Waals surface area (Å²) in [5.74, 6) is 0.0680. The van der Waals surface area contributed by atoms with Gasteiger partial charge in [-0.05, 0) is 35.4 Å². The Morgan fingerprint density at radius 2 is 1.15 bits per heavy atom. The van der Waals surface area contributed by atoms with Crippen molar-refractivity contribution in [2.75, 3.05) is 20.3 Å². The highest BCUT2D eigenvalue weighted by atomic mass is 16.5. The normalized spacial score (nSPS) is 23.6. The van der Waals surface area contributed by atoms with Crippen LogP contribution in [-0.4, -0.2) is 37.0 Å². The standard InChI is InChI=1S/C29H27NO4/c1-33-22-12-14-23(15-13-22)34-19-18-30-28(31)26-24(20-8-4-2-5-9-20)16-17-25(27(26)29(30)32)21-10-6-3-7-11-21/h2-17,24-27H,18-19H2,1H3/t24-,25-,26+,27+/m0/s1. The molecule has 2 amide bonds. The number of likely N-dealkylation sites (tertiary alicyclic amines) is 1. The number of rotatable bonds is 7. The maximum atomic E-state index is 13.6. The molecule has 3 aromatic carbocycles. The largest absolute Gasteiger partial charge is 0.497 e. The van der Waals surface area contributed by atoms with E-state index in [2.05, 4.69) is 12.2 Å². The van der Waals surface area contributed by atoms with Crippen molar-refractivity contribution in [3.05, 3.63) is 108 Å². The van der Waals surface area contributed by atoms with Crippen LogP contribution in [0.25, 0.3) is 0 Å². The molecule has 0 unspecified atom stereocenters. The number of imide groups is 1. The number of carbonyl (C=O) groups excluding carboxylic acids is 2. The van der Waals surface area contributed by atoms with Gasteiger partial charge in [0.2, 0.25) is 11.8 Å². The van der Waals surface area contributed by atoms with Gasteiger partial charge in [0.1, 0.15) is 18.1 Å². The third-order valence-corrected chi connectivity index (χ3v) is 6.80. The highest BCUT2D eigenvalue weighted by Gasteiger charge is 2.54. The Balaban J connectivity index is 1.39. The van der Waals surface area contributed by atoms with E-state index in [1.54, 1.807) is 7.11 Å². The zero-order valence-corrected chi connectivity index (χ0v) is 19.0. The SMILES string of the molecule is COc1ccc(OCCN2C(=O)[C@H]3[C@H](C2=O)[C@H](c2ccccc2)C=C[C@H]3c2ccccc2)cc1. The average Bonchev–Trinajstić information content (AvgIpc) is 3.15. The molecule has 5 rings (SSSR count). The maximum absolute atomic E-state index is 13.6. The van der Waals surface area contributed by atoms with E-state index in [0.29, 0.717) is 5.75 Å². The zero-order chi connectivity index (χ0) is 23.5. The van der Waals surface area contributed by atoms with Crippen LogP contribution in [0.2, 0.25) is 0 Å². The second-order valence-corrected chi connectivity index (χ2v) is 8.66. The third-order valence-electron chi connectivity index (χ3n) is 6.80. The summed E-state index contributed by atoms with van der Waals surface area (Å²) in [4.78, 5) is 28.7. The minimum absolute atomic E-state index is 0.118. The molecule has 4 atom stereocenters. The number of methoxy groups -OCH3 is 1. The summed E-state index contributed by atoms with van der Waals surface area (Å²) in [6.45, 7) is 0.461. The molecule has 2 aliphatic rings. The van der Waals surface area contributed by atoms with Gasteiger partial charge in [0.25, 0.3) is 0 Å². The Morgan fingerprint density at radius 3 is 1.62 bits per heavy atom. The monoisotopic (exact) mass is 453 g/mol. The van der Waals surface area contributed by atoms with Crippen LogP contribution in [0.5, 0.6) is 11.5 Å². The highest BCUT2D eigenvalue weighted by molar-refractivity contribution is 6.06. The van der Waals surface area contributed by atoms with Crippen molar-refractivity contribution in [3.8, 4) is 11.5 Å². The van der Waals surface area contributed by atoms with E-state index >= 15 is 0 Å². The van der Waals surface area contributed by atoms with Gasteiger partial charge >= 0.3 is 0 Å². The van der Waals surface area contributed by atoms with E-state index in [0.717, 1.165) is 16.9 Å². The molecule has 0 spiro atoms. The smallest absolute Gasteiger partial charge is 0.234 e. The lowest BCUT2D eigenvalue weighted by Crippen LogP contribution is -2.35. The first-order chi connectivity index (χ1) is 16.7. The lowest BCUT2D eigenvalue weighted by atomic mass is 9.68. The number of hydrogen-bond donors (Lipinski definition) is 0. The lowest BCUT2D eigenvalue weighted by Gasteiger charge is -2.32. The Morgan fingerprint density at radius 1 is 0.676 bits per heavy atom. The molecule has 1 aliphatic heterocycles. The molecule has 0 radical (unpaired) electrons. The molecule has 0 aromatic heterocycles. The molecule has 1 fully saturated rings. The summed E-state index contributed by atoms with van der Waals surface area (Å²) in [7, 11) is 1.61. The van der Waals surface area contributed by atoms with E-state index in [1.807, 2.05) is 84.9 Å². The number of amides is 2. The number of ether oxygens (including phenoxy) is 2. The molecule has 34 heavy (non-hydrogen) atoms. The number of allylic oxidation sites excluding steroid dienone is 2. The third kappa shape index (κ3) is 4.10. The number of hydrogen-bond acceptors (Lipinski definition) is 4. The van der Waals surface area contributed by atoms with Gasteiger partial charge in [-0.15, -0.1) is 0 Å². The van der Waals surface area contributed by atoms with Crippen molar-refractivity contribution in [3.63, 3.8) is 0 Å². The first-order valence-corrected chi connectivity index (χ1v) is 11.6. The Hall–Kier alpha value is -3.86. The molecule has 0 N–H and O–H groups in total. The van der Waals surface area contributed by atoms with E-state index in [9.17, 15) is 9.59 Å². The number of carbonyl (C=O) groups is 2. The molecule has 0 bridgehead atoms. The molecule has 3 aromatic rings. The van der Waals surface area contributed by atoms with Gasteiger partial charge in [0.05, 0.1) is 25.5 Å². The molecule has 1 aliphatic carbocycles. The van der Waals surface area contributed by atoms with Crippen LogP contribution in [0.3, 0.4) is 0 Å². The lowest BCUT2D eigenvalue weighted by molar-refractivity contribution is -0.140. The summed E-state index contributed by atoms with van der Waals surface area (Å²) >= 11 is 0. The van der Waals surface area contributed by atoms with Crippen LogP contribution in [0, 0.1) is 11.8 Å². The van der Waals surface area contributed by atoms with Gasteiger partial charge in [0, 0.05) is 11.8 Å². The number of benzene rings is 3. The van der Waals surface area contributed by atoms with Crippen LogP contribution in [0.15, 0.2) is 97.1 Å². The van der Waals surface area contributed by atoms with Gasteiger partial charge in [-0.3, -0.25) is 14.5 Å². The van der Waals surface area contributed by atoms with Crippen molar-refractivity contribution in [1.82, 2.24) is 4.90 Å². The predicted octanol–water partition coefficient (Wildman–Crippen LogP) is 4.81. The van der Waals surface area contributed by atoms with Gasteiger partial charge < -0.3 is 9.47 Å². The first-order valence-electron chi connectivity index (χ1n) is 11.6. The fraction of sp³-hybridized carbons (Fsp3) is 0.241. The van der Waals surface area contributed by atoms with E-state index in [-0.39, 0.29) is 36.8 Å². The second-order valence-electron chi connectivity index (χ2n) is 8.66. The molecular formula is C29H27NO4. The van der Waals surface area contributed by atoms with E-state index in [1.165, 1.54) is 4.90 Å². The minimum atomic E-state index is -0.425. The van der Waals surface area contributed by atoms with Crippen molar-refractivity contribution in [2.24, 2.45) is 11.8 Å². The van der Waals surface area contributed by atoms with Crippen LogP contribution < -0.4 is 9.47 Å². The molecule has 1 heterocycles. The Kier molecular flexibility index (Phi) is 6.17. The predicted molar refractivity (Wildman–Crippen MR) is 130 cm³/mol. The molecule has 1 saturated heterocycles. The maximum Gasteiger partial charge on any atom is 0.234 e. The fourth-order valence-corrected chi connectivity index (χ4v) is 5.14. The Bertz CT molecular complexity index is 1110. The summed E-state index contributed by atoms with van der Waals surface area (Å²) in [5, 5.41) is 0. The van der Waals surface area contributed by atoms with Gasteiger partial charge in [-0.1, -0.05) is 72.8 Å².